The van der Waals surface area contributed by atoms with Crippen LogP contribution in [0.4, 0.5) is 16.0 Å². The third kappa shape index (κ3) is 5.22. The summed E-state index contributed by atoms with van der Waals surface area (Å²) in [6.07, 6.45) is 0. The van der Waals surface area contributed by atoms with Crippen molar-refractivity contribution >= 4 is 17.5 Å². The minimum atomic E-state index is -0.463. The molecule has 0 saturated carbocycles. The van der Waals surface area contributed by atoms with Gasteiger partial charge in [0.2, 0.25) is 0 Å². The van der Waals surface area contributed by atoms with Crippen LogP contribution >= 0.6 is 0 Å². The van der Waals surface area contributed by atoms with Gasteiger partial charge >= 0.3 is 0 Å². The number of nitrogens with zero attached hydrogens (tertiary/aromatic N) is 6. The van der Waals surface area contributed by atoms with Gasteiger partial charge in [-0.2, -0.15) is 0 Å². The molecule has 0 bridgehead atoms. The van der Waals surface area contributed by atoms with Gasteiger partial charge in [0.05, 0.1) is 0 Å². The van der Waals surface area contributed by atoms with Crippen LogP contribution < -0.4 is 14.5 Å². The maximum absolute atomic E-state index is 13.7. The number of aromatic nitrogens is 2. The van der Waals surface area contributed by atoms with E-state index in [9.17, 15) is 9.18 Å². The van der Waals surface area contributed by atoms with E-state index in [1.165, 1.54) is 12.1 Å². The Morgan fingerprint density at radius 1 is 0.968 bits per heavy atom. The van der Waals surface area contributed by atoms with Crippen LogP contribution in [0.3, 0.4) is 0 Å². The smallest absolute Gasteiger partial charge is 0.260 e. The SMILES string of the molecule is Cc1nc(N2CCN(C)CC2)cc(N2CCN(C(=O)COc3ccccc3F)CC2)n1. The topological polar surface area (TPSA) is 65.0 Å². The van der Waals surface area contributed by atoms with Gasteiger partial charge in [-0.1, -0.05) is 12.1 Å². The third-order valence-electron chi connectivity index (χ3n) is 5.78. The predicted molar refractivity (Wildman–Crippen MR) is 117 cm³/mol. The number of aryl methyl sites for hydroxylation is 1. The Kier molecular flexibility index (Phi) is 6.50. The van der Waals surface area contributed by atoms with Crippen molar-refractivity contribution in [3.63, 3.8) is 0 Å². The molecule has 2 aliphatic heterocycles. The fourth-order valence-corrected chi connectivity index (χ4v) is 3.87. The van der Waals surface area contributed by atoms with Crippen LogP contribution in [0.15, 0.2) is 30.3 Å². The summed E-state index contributed by atoms with van der Waals surface area (Å²) in [5.41, 5.74) is 0. The fourth-order valence-electron chi connectivity index (χ4n) is 3.87. The number of anilines is 2. The van der Waals surface area contributed by atoms with E-state index in [0.717, 1.165) is 43.6 Å². The molecule has 1 aromatic carbocycles. The summed E-state index contributed by atoms with van der Waals surface area (Å²) in [6.45, 7) is 8.23. The van der Waals surface area contributed by atoms with Crippen molar-refractivity contribution in [3.8, 4) is 5.75 Å². The Morgan fingerprint density at radius 2 is 1.55 bits per heavy atom. The first kappa shape index (κ1) is 21.3. The van der Waals surface area contributed by atoms with Crippen molar-refractivity contribution < 1.29 is 13.9 Å². The molecule has 166 valence electrons. The van der Waals surface area contributed by atoms with Crippen LogP contribution in [0.2, 0.25) is 0 Å². The molecule has 3 heterocycles. The van der Waals surface area contributed by atoms with E-state index in [-0.39, 0.29) is 18.3 Å². The van der Waals surface area contributed by atoms with Crippen molar-refractivity contribution in [2.45, 2.75) is 6.92 Å². The molecule has 0 N–H and O–H groups in total. The Morgan fingerprint density at radius 3 is 2.16 bits per heavy atom. The number of hydrogen-bond acceptors (Lipinski definition) is 7. The molecule has 2 aliphatic rings. The lowest BCUT2D eigenvalue weighted by molar-refractivity contribution is -0.133. The molecule has 4 rings (SSSR count). The lowest BCUT2D eigenvalue weighted by Gasteiger charge is -2.36. The predicted octanol–water partition coefficient (Wildman–Crippen LogP) is 1.40. The first-order chi connectivity index (χ1) is 15.0. The van der Waals surface area contributed by atoms with E-state index in [0.29, 0.717) is 26.2 Å². The molecule has 0 spiro atoms. The van der Waals surface area contributed by atoms with Crippen molar-refractivity contribution in [1.29, 1.82) is 0 Å². The number of hydrogen-bond donors (Lipinski definition) is 0. The van der Waals surface area contributed by atoms with Gasteiger partial charge < -0.3 is 24.3 Å². The molecule has 2 aromatic rings. The van der Waals surface area contributed by atoms with E-state index >= 15 is 0 Å². The molecule has 0 unspecified atom stereocenters. The van der Waals surface area contributed by atoms with Crippen molar-refractivity contribution in [3.05, 3.63) is 42.0 Å². The summed E-state index contributed by atoms with van der Waals surface area (Å²) >= 11 is 0. The largest absolute Gasteiger partial charge is 0.481 e. The molecule has 1 amide bonds. The third-order valence-corrected chi connectivity index (χ3v) is 5.78. The number of halogens is 1. The van der Waals surface area contributed by atoms with Gasteiger partial charge in [0.25, 0.3) is 5.91 Å². The van der Waals surface area contributed by atoms with Gasteiger partial charge in [0.15, 0.2) is 18.2 Å². The second kappa shape index (κ2) is 9.47. The normalized spacial score (nSPS) is 17.7. The molecule has 0 radical (unpaired) electrons. The number of piperazine rings is 2. The maximum atomic E-state index is 13.7. The second-order valence-corrected chi connectivity index (χ2v) is 8.01. The zero-order chi connectivity index (χ0) is 21.8. The Hall–Kier alpha value is -2.94. The highest BCUT2D eigenvalue weighted by Crippen LogP contribution is 2.22. The zero-order valence-corrected chi connectivity index (χ0v) is 18.1. The first-order valence-corrected chi connectivity index (χ1v) is 10.7. The molecule has 2 fully saturated rings. The Bertz CT molecular complexity index is 911. The quantitative estimate of drug-likeness (QED) is 0.713. The number of likely N-dealkylation sites (N-methyl/N-ethyl adjacent to an activating group) is 1. The number of ether oxygens (including phenoxy) is 1. The van der Waals surface area contributed by atoms with Crippen LogP contribution in [0, 0.1) is 12.7 Å². The number of benzene rings is 1. The van der Waals surface area contributed by atoms with E-state index < -0.39 is 5.82 Å². The summed E-state index contributed by atoms with van der Waals surface area (Å²) in [5, 5.41) is 0. The van der Waals surface area contributed by atoms with Crippen molar-refractivity contribution in [1.82, 2.24) is 19.8 Å². The van der Waals surface area contributed by atoms with E-state index in [4.69, 9.17) is 4.74 Å². The summed E-state index contributed by atoms with van der Waals surface area (Å²) < 4.78 is 19.0. The Labute approximate surface area is 182 Å². The first-order valence-electron chi connectivity index (χ1n) is 10.7. The standard InChI is InChI=1S/C22H29FN6O2/c1-17-24-20(27-9-7-26(2)8-10-27)15-21(25-17)28-11-13-29(14-12-28)22(30)16-31-19-6-4-3-5-18(19)23/h3-6,15H,7-14,16H2,1-2H3. The Balaban J connectivity index is 1.33. The molecule has 1 aromatic heterocycles. The van der Waals surface area contributed by atoms with Crippen LogP contribution in [0.5, 0.6) is 5.75 Å². The average molecular weight is 429 g/mol. The second-order valence-electron chi connectivity index (χ2n) is 8.01. The summed E-state index contributed by atoms with van der Waals surface area (Å²) in [4.78, 5) is 30.3. The van der Waals surface area contributed by atoms with Crippen LogP contribution in [-0.2, 0) is 4.79 Å². The molecule has 31 heavy (non-hydrogen) atoms. The monoisotopic (exact) mass is 428 g/mol. The number of amides is 1. The van der Waals surface area contributed by atoms with Crippen molar-refractivity contribution in [2.75, 3.05) is 75.8 Å². The van der Waals surface area contributed by atoms with Crippen LogP contribution in [-0.4, -0.2) is 91.7 Å². The highest BCUT2D eigenvalue weighted by molar-refractivity contribution is 5.78. The van der Waals surface area contributed by atoms with E-state index in [1.54, 1.807) is 17.0 Å². The van der Waals surface area contributed by atoms with Gasteiger partial charge in [-0.25, -0.2) is 14.4 Å². The van der Waals surface area contributed by atoms with E-state index in [2.05, 4.69) is 37.8 Å². The lowest BCUT2D eigenvalue weighted by atomic mass is 10.3. The number of carbonyl (C=O) groups excluding carboxylic acids is 1. The van der Waals surface area contributed by atoms with Gasteiger partial charge in [0.1, 0.15) is 17.5 Å². The lowest BCUT2D eigenvalue weighted by Crippen LogP contribution is -2.50. The number of rotatable bonds is 5. The number of para-hydroxylation sites is 1. The summed E-state index contributed by atoms with van der Waals surface area (Å²) in [5.74, 6) is 2.12. The molecular formula is C22H29FN6O2. The van der Waals surface area contributed by atoms with Crippen molar-refractivity contribution in [2.24, 2.45) is 0 Å². The molecular weight excluding hydrogens is 399 g/mol. The van der Waals surface area contributed by atoms with Gasteiger partial charge in [-0.05, 0) is 26.1 Å². The molecule has 0 atom stereocenters. The van der Waals surface area contributed by atoms with Gasteiger partial charge in [-0.15, -0.1) is 0 Å². The van der Waals surface area contributed by atoms with Crippen LogP contribution in [0.25, 0.3) is 0 Å². The number of carbonyl (C=O) groups is 1. The van der Waals surface area contributed by atoms with Gasteiger partial charge in [-0.3, -0.25) is 4.79 Å². The summed E-state index contributed by atoms with van der Waals surface area (Å²) in [6, 6.07) is 8.17. The highest BCUT2D eigenvalue weighted by atomic mass is 19.1. The molecule has 9 heteroatoms. The fraction of sp³-hybridized carbons (Fsp3) is 0.500. The van der Waals surface area contributed by atoms with E-state index in [1.807, 2.05) is 6.92 Å². The molecule has 2 saturated heterocycles. The molecule has 8 nitrogen and oxygen atoms in total. The minimum Gasteiger partial charge on any atom is -0.481 e. The highest BCUT2D eigenvalue weighted by Gasteiger charge is 2.24. The maximum Gasteiger partial charge on any atom is 0.260 e. The summed E-state index contributed by atoms with van der Waals surface area (Å²) in [7, 11) is 2.14. The average Bonchev–Trinajstić information content (AvgIpc) is 2.78. The molecule has 0 aliphatic carbocycles. The minimum absolute atomic E-state index is 0.0994. The zero-order valence-electron chi connectivity index (χ0n) is 18.1. The van der Waals surface area contributed by atoms with Crippen LogP contribution in [0.1, 0.15) is 5.82 Å². The van der Waals surface area contributed by atoms with Gasteiger partial charge in [0, 0.05) is 58.4 Å².